The van der Waals surface area contributed by atoms with Crippen molar-refractivity contribution in [3.05, 3.63) is 102 Å². The van der Waals surface area contributed by atoms with Gasteiger partial charge in [0.15, 0.2) is 5.82 Å². The third-order valence-electron chi connectivity index (χ3n) is 5.12. The lowest BCUT2D eigenvalue weighted by Gasteiger charge is -2.14. The van der Waals surface area contributed by atoms with Crippen LogP contribution in [0.1, 0.15) is 34.5 Å². The lowest BCUT2D eigenvalue weighted by molar-refractivity contribution is 0.0951. The summed E-state index contributed by atoms with van der Waals surface area (Å²) in [6, 6.07) is 19.9. The maximum atomic E-state index is 13.4. The van der Waals surface area contributed by atoms with Crippen LogP contribution < -0.4 is 5.32 Å². The molecule has 2 aromatic carbocycles. The summed E-state index contributed by atoms with van der Waals surface area (Å²) in [5, 5.41) is 7.63. The standard InChI is InChI=1S/C24H23FN4O/c1-17(19-8-4-3-5-9-19)16-26-23(30)22-18(2)27-29(21-12-10-20(25)11-13-21)24(22)28-14-6-7-15-28/h3-15,17H,16H2,1-2H3,(H,26,30)/t17-/m1/s1. The van der Waals surface area contributed by atoms with Crippen molar-refractivity contribution in [3.8, 4) is 11.5 Å². The second kappa shape index (κ2) is 8.37. The van der Waals surface area contributed by atoms with E-state index in [9.17, 15) is 9.18 Å². The number of carbonyl (C=O) groups is 1. The minimum absolute atomic E-state index is 0.178. The summed E-state index contributed by atoms with van der Waals surface area (Å²) in [5.41, 5.74) is 2.95. The van der Waals surface area contributed by atoms with E-state index in [1.807, 2.05) is 54.2 Å². The van der Waals surface area contributed by atoms with Crippen LogP contribution in [-0.2, 0) is 0 Å². The van der Waals surface area contributed by atoms with Gasteiger partial charge in [-0.25, -0.2) is 9.07 Å². The lowest BCUT2D eigenvalue weighted by atomic mass is 10.0. The number of hydrogen-bond donors (Lipinski definition) is 1. The SMILES string of the molecule is Cc1nn(-c2ccc(F)cc2)c(-n2cccc2)c1C(=O)NC[C@@H](C)c1ccccc1. The molecular weight excluding hydrogens is 379 g/mol. The van der Waals surface area contributed by atoms with E-state index in [4.69, 9.17) is 0 Å². The molecule has 6 heteroatoms. The Morgan fingerprint density at radius 3 is 2.37 bits per heavy atom. The molecular formula is C24H23FN4O. The summed E-state index contributed by atoms with van der Waals surface area (Å²) in [6.45, 7) is 4.40. The highest BCUT2D eigenvalue weighted by Crippen LogP contribution is 2.23. The second-order valence-electron chi connectivity index (χ2n) is 7.28. The molecule has 0 aliphatic carbocycles. The Balaban J connectivity index is 1.67. The van der Waals surface area contributed by atoms with Gasteiger partial charge in [0.2, 0.25) is 0 Å². The molecule has 2 aromatic heterocycles. The Labute approximate surface area is 174 Å². The molecule has 152 valence electrons. The van der Waals surface area contributed by atoms with Crippen LogP contribution >= 0.6 is 0 Å². The van der Waals surface area contributed by atoms with Gasteiger partial charge in [0.25, 0.3) is 5.91 Å². The molecule has 30 heavy (non-hydrogen) atoms. The Morgan fingerprint density at radius 1 is 1.03 bits per heavy atom. The topological polar surface area (TPSA) is 51.9 Å². The van der Waals surface area contributed by atoms with Crippen molar-refractivity contribution in [2.75, 3.05) is 6.54 Å². The third-order valence-corrected chi connectivity index (χ3v) is 5.12. The first-order valence-corrected chi connectivity index (χ1v) is 9.86. The van der Waals surface area contributed by atoms with E-state index in [-0.39, 0.29) is 17.6 Å². The van der Waals surface area contributed by atoms with E-state index in [1.165, 1.54) is 17.7 Å². The van der Waals surface area contributed by atoms with E-state index >= 15 is 0 Å². The number of halogens is 1. The predicted molar refractivity (Wildman–Crippen MR) is 115 cm³/mol. The average Bonchev–Trinajstić information content (AvgIpc) is 3.40. The molecule has 2 heterocycles. The summed E-state index contributed by atoms with van der Waals surface area (Å²) in [5.74, 6) is 0.289. The number of aryl methyl sites for hydroxylation is 1. The molecule has 4 rings (SSSR count). The molecule has 0 aliphatic rings. The largest absolute Gasteiger partial charge is 0.351 e. The highest BCUT2D eigenvalue weighted by atomic mass is 19.1. The summed E-state index contributed by atoms with van der Waals surface area (Å²) < 4.78 is 16.9. The molecule has 0 unspecified atom stereocenters. The fraction of sp³-hybridized carbons (Fsp3) is 0.167. The summed E-state index contributed by atoms with van der Waals surface area (Å²) in [6.07, 6.45) is 3.72. The van der Waals surface area contributed by atoms with Crippen LogP contribution in [-0.4, -0.2) is 26.8 Å². The van der Waals surface area contributed by atoms with Crippen molar-refractivity contribution < 1.29 is 9.18 Å². The van der Waals surface area contributed by atoms with Crippen LogP contribution in [0.3, 0.4) is 0 Å². The monoisotopic (exact) mass is 402 g/mol. The minimum Gasteiger partial charge on any atom is -0.351 e. The number of amides is 1. The molecule has 1 amide bonds. The zero-order valence-electron chi connectivity index (χ0n) is 16.9. The molecule has 1 atom stereocenters. The molecule has 5 nitrogen and oxygen atoms in total. The number of aromatic nitrogens is 3. The number of hydrogen-bond acceptors (Lipinski definition) is 2. The fourth-order valence-corrected chi connectivity index (χ4v) is 3.49. The first-order chi connectivity index (χ1) is 14.5. The molecule has 0 bridgehead atoms. The van der Waals surface area contributed by atoms with Crippen molar-refractivity contribution in [1.29, 1.82) is 0 Å². The molecule has 0 saturated carbocycles. The number of benzene rings is 2. The van der Waals surface area contributed by atoms with Crippen LogP contribution in [0, 0.1) is 12.7 Å². The molecule has 0 spiro atoms. The Morgan fingerprint density at radius 2 is 1.70 bits per heavy atom. The minimum atomic E-state index is -0.321. The third kappa shape index (κ3) is 3.89. The molecule has 1 N–H and O–H groups in total. The van der Waals surface area contributed by atoms with Gasteiger partial charge in [-0.15, -0.1) is 0 Å². The maximum Gasteiger partial charge on any atom is 0.257 e. The van der Waals surface area contributed by atoms with Crippen molar-refractivity contribution in [1.82, 2.24) is 19.7 Å². The number of carbonyl (C=O) groups excluding carboxylic acids is 1. The smallest absolute Gasteiger partial charge is 0.257 e. The van der Waals surface area contributed by atoms with Gasteiger partial charge in [0, 0.05) is 18.9 Å². The first-order valence-electron chi connectivity index (χ1n) is 9.86. The number of rotatable bonds is 6. The zero-order chi connectivity index (χ0) is 21.1. The van der Waals surface area contributed by atoms with Gasteiger partial charge in [0.1, 0.15) is 11.4 Å². The van der Waals surface area contributed by atoms with Gasteiger partial charge >= 0.3 is 0 Å². The molecule has 0 saturated heterocycles. The van der Waals surface area contributed by atoms with E-state index in [0.717, 1.165) is 0 Å². The van der Waals surface area contributed by atoms with Crippen molar-refractivity contribution >= 4 is 5.91 Å². The van der Waals surface area contributed by atoms with Crippen LogP contribution in [0.2, 0.25) is 0 Å². The Kier molecular flexibility index (Phi) is 5.48. The lowest BCUT2D eigenvalue weighted by Crippen LogP contribution is -2.28. The molecule has 0 aliphatic heterocycles. The van der Waals surface area contributed by atoms with Gasteiger partial charge in [-0.3, -0.25) is 4.79 Å². The maximum absolute atomic E-state index is 13.4. The van der Waals surface area contributed by atoms with Gasteiger partial charge in [-0.2, -0.15) is 5.10 Å². The van der Waals surface area contributed by atoms with E-state index in [2.05, 4.69) is 29.5 Å². The van der Waals surface area contributed by atoms with Crippen LogP contribution in [0.25, 0.3) is 11.5 Å². The average molecular weight is 402 g/mol. The fourth-order valence-electron chi connectivity index (χ4n) is 3.49. The van der Waals surface area contributed by atoms with Gasteiger partial charge in [0.05, 0.1) is 11.4 Å². The predicted octanol–water partition coefficient (Wildman–Crippen LogP) is 4.64. The van der Waals surface area contributed by atoms with E-state index < -0.39 is 0 Å². The summed E-state index contributed by atoms with van der Waals surface area (Å²) >= 11 is 0. The number of nitrogens with one attached hydrogen (secondary N) is 1. The molecule has 0 fully saturated rings. The highest BCUT2D eigenvalue weighted by Gasteiger charge is 2.24. The van der Waals surface area contributed by atoms with Gasteiger partial charge in [-0.1, -0.05) is 37.3 Å². The Bertz CT molecular complexity index is 1130. The second-order valence-corrected chi connectivity index (χ2v) is 7.28. The van der Waals surface area contributed by atoms with Crippen LogP contribution in [0.4, 0.5) is 4.39 Å². The van der Waals surface area contributed by atoms with Crippen LogP contribution in [0.5, 0.6) is 0 Å². The molecule has 4 aromatic rings. The van der Waals surface area contributed by atoms with Crippen LogP contribution in [0.15, 0.2) is 79.1 Å². The zero-order valence-corrected chi connectivity index (χ0v) is 16.9. The van der Waals surface area contributed by atoms with Gasteiger partial charge < -0.3 is 9.88 Å². The van der Waals surface area contributed by atoms with Crippen molar-refractivity contribution in [2.24, 2.45) is 0 Å². The summed E-state index contributed by atoms with van der Waals surface area (Å²) in [7, 11) is 0. The first kappa shape index (κ1) is 19.6. The quantitative estimate of drug-likeness (QED) is 0.511. The Hall–Kier alpha value is -3.67. The number of nitrogens with zero attached hydrogens (tertiary/aromatic N) is 3. The van der Waals surface area contributed by atoms with Crippen molar-refractivity contribution in [2.45, 2.75) is 19.8 Å². The summed E-state index contributed by atoms with van der Waals surface area (Å²) in [4.78, 5) is 13.2. The van der Waals surface area contributed by atoms with Gasteiger partial charge in [-0.05, 0) is 54.8 Å². The van der Waals surface area contributed by atoms with Crippen molar-refractivity contribution in [3.63, 3.8) is 0 Å². The normalized spacial score (nSPS) is 12.0. The van der Waals surface area contributed by atoms with E-state index in [0.29, 0.717) is 29.3 Å². The highest BCUT2D eigenvalue weighted by molar-refractivity contribution is 5.98. The van der Waals surface area contributed by atoms with E-state index in [1.54, 1.807) is 16.8 Å². The molecule has 0 radical (unpaired) electrons.